The van der Waals surface area contributed by atoms with Crippen LogP contribution in [0.15, 0.2) is 58.8 Å². The minimum absolute atomic E-state index is 0.0289. The van der Waals surface area contributed by atoms with Crippen molar-refractivity contribution in [1.82, 2.24) is 20.2 Å². The van der Waals surface area contributed by atoms with Crippen LogP contribution >= 0.6 is 11.8 Å². The smallest absolute Gasteiger partial charge is 0.270 e. The fourth-order valence-corrected chi connectivity index (χ4v) is 3.19. The number of methoxy groups -OCH3 is 1. The van der Waals surface area contributed by atoms with Gasteiger partial charge in [0.15, 0.2) is 11.0 Å². The maximum absolute atomic E-state index is 12.0. The molecule has 0 radical (unpaired) electrons. The zero-order valence-electron chi connectivity index (χ0n) is 16.2. The molecule has 1 N–H and O–H groups in total. The average molecular weight is 426 g/mol. The number of benzene rings is 2. The van der Waals surface area contributed by atoms with Crippen LogP contribution < -0.4 is 10.2 Å². The number of nitrogens with zero attached hydrogens (tertiary/aromatic N) is 5. The number of nitro benzene ring substituents is 1. The number of carbonyl (C=O) groups excluding carboxylic acids is 1. The van der Waals surface area contributed by atoms with Gasteiger partial charge in [-0.05, 0) is 29.8 Å². The second kappa shape index (κ2) is 9.65. The van der Waals surface area contributed by atoms with Gasteiger partial charge in [0.1, 0.15) is 5.75 Å². The Morgan fingerprint density at radius 2 is 2.07 bits per heavy atom. The van der Waals surface area contributed by atoms with Crippen LogP contribution in [0.1, 0.15) is 5.56 Å². The van der Waals surface area contributed by atoms with Gasteiger partial charge in [0.2, 0.25) is 0 Å². The molecule has 0 aliphatic heterocycles. The van der Waals surface area contributed by atoms with Crippen molar-refractivity contribution >= 4 is 29.6 Å². The number of amides is 1. The highest BCUT2D eigenvalue weighted by atomic mass is 32.2. The largest absolute Gasteiger partial charge is 0.497 e. The van der Waals surface area contributed by atoms with Crippen molar-refractivity contribution < 1.29 is 14.5 Å². The second-order valence-corrected chi connectivity index (χ2v) is 6.97. The predicted molar refractivity (Wildman–Crippen MR) is 113 cm³/mol. The molecule has 0 bridgehead atoms. The maximum Gasteiger partial charge on any atom is 0.270 e. The number of hydrazone groups is 1. The molecule has 11 heteroatoms. The first-order chi connectivity index (χ1) is 14.5. The van der Waals surface area contributed by atoms with E-state index in [0.717, 1.165) is 11.3 Å². The van der Waals surface area contributed by atoms with Crippen LogP contribution in [-0.2, 0) is 11.8 Å². The summed E-state index contributed by atoms with van der Waals surface area (Å²) in [6.07, 6.45) is 1.53. The normalized spacial score (nSPS) is 10.9. The summed E-state index contributed by atoms with van der Waals surface area (Å²) in [6, 6.07) is 13.4. The Hall–Kier alpha value is -3.73. The van der Waals surface area contributed by atoms with Gasteiger partial charge in [-0.1, -0.05) is 23.9 Å². The third kappa shape index (κ3) is 5.20. The molecule has 0 unspecified atom stereocenters. The van der Waals surface area contributed by atoms with Crippen molar-refractivity contribution in [3.63, 3.8) is 0 Å². The molecule has 1 aromatic heterocycles. The van der Waals surface area contributed by atoms with Crippen LogP contribution in [0.3, 0.4) is 0 Å². The third-order valence-electron chi connectivity index (χ3n) is 4.00. The number of carbonyl (C=O) groups is 1. The fraction of sp³-hybridized carbons (Fsp3) is 0.158. The Morgan fingerprint density at radius 1 is 1.30 bits per heavy atom. The maximum atomic E-state index is 12.0. The molecule has 3 rings (SSSR count). The van der Waals surface area contributed by atoms with Crippen LogP contribution in [0.25, 0.3) is 11.4 Å². The van der Waals surface area contributed by atoms with Gasteiger partial charge in [0.25, 0.3) is 11.6 Å². The van der Waals surface area contributed by atoms with Gasteiger partial charge in [-0.3, -0.25) is 14.9 Å². The molecule has 0 atom stereocenters. The number of aromatic nitrogens is 3. The summed E-state index contributed by atoms with van der Waals surface area (Å²) in [5.41, 5.74) is 3.81. The van der Waals surface area contributed by atoms with E-state index >= 15 is 0 Å². The molecule has 2 aromatic carbocycles. The molecule has 1 amide bonds. The van der Waals surface area contributed by atoms with Gasteiger partial charge in [-0.25, -0.2) is 5.43 Å². The number of nitro groups is 1. The topological polar surface area (TPSA) is 125 Å². The number of ether oxygens (including phenoxy) is 1. The van der Waals surface area contributed by atoms with E-state index in [2.05, 4.69) is 20.7 Å². The van der Waals surface area contributed by atoms with Crippen molar-refractivity contribution in [1.29, 1.82) is 0 Å². The predicted octanol–water partition coefficient (Wildman–Crippen LogP) is 2.64. The van der Waals surface area contributed by atoms with E-state index in [1.54, 1.807) is 43.0 Å². The number of non-ortho nitro benzene ring substituents is 1. The lowest BCUT2D eigenvalue weighted by Crippen LogP contribution is -2.19. The Bertz CT molecular complexity index is 1080. The standard InChI is InChI=1S/C19H18N6O4S/c1-24-18(14-4-3-5-15(10-14)25(27)28)22-23-19(24)30-12-17(26)21-20-11-13-6-8-16(29-2)9-7-13/h3-11H,12H2,1-2H3,(H,21,26). The summed E-state index contributed by atoms with van der Waals surface area (Å²) in [6.45, 7) is 0. The van der Waals surface area contributed by atoms with E-state index in [0.29, 0.717) is 16.5 Å². The summed E-state index contributed by atoms with van der Waals surface area (Å²) in [7, 11) is 3.32. The van der Waals surface area contributed by atoms with Crippen LogP contribution in [0.5, 0.6) is 5.75 Å². The van der Waals surface area contributed by atoms with Crippen molar-refractivity contribution in [3.05, 3.63) is 64.2 Å². The van der Waals surface area contributed by atoms with Crippen LogP contribution in [0.2, 0.25) is 0 Å². The highest BCUT2D eigenvalue weighted by molar-refractivity contribution is 7.99. The first-order valence-corrected chi connectivity index (χ1v) is 9.69. The molecule has 1 heterocycles. The Labute approximate surface area is 176 Å². The highest BCUT2D eigenvalue weighted by Crippen LogP contribution is 2.25. The van der Waals surface area contributed by atoms with Crippen LogP contribution in [0.4, 0.5) is 5.69 Å². The molecule has 0 fully saturated rings. The molecular weight excluding hydrogens is 408 g/mol. The molecule has 0 aliphatic carbocycles. The van der Waals surface area contributed by atoms with E-state index in [9.17, 15) is 14.9 Å². The number of rotatable bonds is 8. The summed E-state index contributed by atoms with van der Waals surface area (Å²) in [5.74, 6) is 0.991. The van der Waals surface area contributed by atoms with E-state index in [1.165, 1.54) is 30.1 Å². The number of hydrogen-bond donors (Lipinski definition) is 1. The summed E-state index contributed by atoms with van der Waals surface area (Å²) in [4.78, 5) is 22.5. The van der Waals surface area contributed by atoms with E-state index in [4.69, 9.17) is 4.74 Å². The monoisotopic (exact) mass is 426 g/mol. The van der Waals surface area contributed by atoms with E-state index in [1.807, 2.05) is 12.1 Å². The Balaban J connectivity index is 1.57. The highest BCUT2D eigenvalue weighted by Gasteiger charge is 2.15. The Morgan fingerprint density at radius 3 is 2.77 bits per heavy atom. The lowest BCUT2D eigenvalue weighted by atomic mass is 10.2. The summed E-state index contributed by atoms with van der Waals surface area (Å²) >= 11 is 1.19. The van der Waals surface area contributed by atoms with Gasteiger partial charge in [-0.2, -0.15) is 5.10 Å². The first-order valence-electron chi connectivity index (χ1n) is 8.71. The van der Waals surface area contributed by atoms with E-state index < -0.39 is 4.92 Å². The van der Waals surface area contributed by atoms with Crippen molar-refractivity contribution in [3.8, 4) is 17.1 Å². The molecule has 3 aromatic rings. The molecular formula is C19H18N6O4S. The quantitative estimate of drug-likeness (QED) is 0.254. The lowest BCUT2D eigenvalue weighted by Gasteiger charge is -2.04. The van der Waals surface area contributed by atoms with Crippen molar-refractivity contribution in [2.24, 2.45) is 12.1 Å². The summed E-state index contributed by atoms with van der Waals surface area (Å²) < 4.78 is 6.76. The first kappa shape index (κ1) is 21.0. The van der Waals surface area contributed by atoms with Crippen LogP contribution in [-0.4, -0.2) is 44.7 Å². The van der Waals surface area contributed by atoms with Gasteiger partial charge >= 0.3 is 0 Å². The second-order valence-electron chi connectivity index (χ2n) is 6.03. The zero-order chi connectivity index (χ0) is 21.5. The van der Waals surface area contributed by atoms with Crippen LogP contribution in [0, 0.1) is 10.1 Å². The zero-order valence-corrected chi connectivity index (χ0v) is 17.0. The molecule has 0 saturated carbocycles. The summed E-state index contributed by atoms with van der Waals surface area (Å²) in [5, 5.41) is 23.5. The molecule has 0 spiro atoms. The molecule has 10 nitrogen and oxygen atoms in total. The Kier molecular flexibility index (Phi) is 6.75. The van der Waals surface area contributed by atoms with Gasteiger partial charge in [-0.15, -0.1) is 10.2 Å². The van der Waals surface area contributed by atoms with Gasteiger partial charge in [0.05, 0.1) is 24.0 Å². The minimum Gasteiger partial charge on any atom is -0.497 e. The molecule has 154 valence electrons. The molecule has 0 aliphatic rings. The third-order valence-corrected chi connectivity index (χ3v) is 5.02. The van der Waals surface area contributed by atoms with Crippen molar-refractivity contribution in [2.75, 3.05) is 12.9 Å². The van der Waals surface area contributed by atoms with Gasteiger partial charge < -0.3 is 9.30 Å². The van der Waals surface area contributed by atoms with Gasteiger partial charge in [0, 0.05) is 24.7 Å². The number of thioether (sulfide) groups is 1. The lowest BCUT2D eigenvalue weighted by molar-refractivity contribution is -0.384. The number of nitrogens with one attached hydrogen (secondary N) is 1. The SMILES string of the molecule is COc1ccc(C=NNC(=O)CSc2nnc(-c3cccc([N+](=O)[O-])c3)n2C)cc1. The van der Waals surface area contributed by atoms with E-state index in [-0.39, 0.29) is 17.3 Å². The average Bonchev–Trinajstić information content (AvgIpc) is 3.13. The number of hydrogen-bond acceptors (Lipinski definition) is 8. The van der Waals surface area contributed by atoms with Crippen molar-refractivity contribution in [2.45, 2.75) is 5.16 Å². The molecule has 0 saturated heterocycles. The molecule has 30 heavy (non-hydrogen) atoms. The minimum atomic E-state index is -0.466. The fourth-order valence-electron chi connectivity index (χ4n) is 2.48.